The molecule has 0 unspecified atom stereocenters. The van der Waals surface area contributed by atoms with Crippen LogP contribution >= 0.6 is 11.6 Å². The molecule has 0 atom stereocenters. The summed E-state index contributed by atoms with van der Waals surface area (Å²) >= 11 is 5.92. The molecule has 0 radical (unpaired) electrons. The molecule has 1 fully saturated rings. The number of aromatic amines is 1. The van der Waals surface area contributed by atoms with E-state index in [0.29, 0.717) is 5.15 Å². The number of fused-ring (bicyclic) bond motifs is 1. The third-order valence-electron chi connectivity index (χ3n) is 2.77. The van der Waals surface area contributed by atoms with Gasteiger partial charge < -0.3 is 5.11 Å². The summed E-state index contributed by atoms with van der Waals surface area (Å²) in [5.41, 5.74) is 1.17. The van der Waals surface area contributed by atoms with E-state index in [1.807, 2.05) is 18.2 Å². The van der Waals surface area contributed by atoms with Gasteiger partial charge in [-0.25, -0.2) is 0 Å². The van der Waals surface area contributed by atoms with Crippen LogP contribution in [0.5, 0.6) is 0 Å². The van der Waals surface area contributed by atoms with Crippen molar-refractivity contribution in [2.45, 2.75) is 18.4 Å². The lowest BCUT2D eigenvalue weighted by molar-refractivity contribution is 0.151. The number of nitrogens with one attached hydrogen (secondary N) is 1. The van der Waals surface area contributed by atoms with E-state index in [9.17, 15) is 5.11 Å². The van der Waals surface area contributed by atoms with Crippen molar-refractivity contribution >= 4 is 22.5 Å². The van der Waals surface area contributed by atoms with Gasteiger partial charge in [-0.05, 0) is 30.5 Å². The molecule has 2 N–H and O–H groups in total. The highest BCUT2D eigenvalue weighted by Gasteiger charge is 2.42. The molecule has 1 aliphatic rings. The third kappa shape index (κ3) is 1.06. The average molecular weight is 209 g/mol. The summed E-state index contributed by atoms with van der Waals surface area (Å²) in [5.74, 6) is 0. The maximum Gasteiger partial charge on any atom is 0.132 e. The molecule has 0 spiro atoms. The Morgan fingerprint density at radius 3 is 2.93 bits per heavy atom. The minimum atomic E-state index is -0.602. The van der Waals surface area contributed by atoms with Crippen LogP contribution in [0.4, 0.5) is 0 Å². The van der Waals surface area contributed by atoms with E-state index >= 15 is 0 Å². The van der Waals surface area contributed by atoms with Gasteiger partial charge in [0.15, 0.2) is 0 Å². The lowest BCUT2D eigenvalue weighted by Crippen LogP contribution is -2.03. The number of aliphatic hydroxyl groups is 1. The highest BCUT2D eigenvalue weighted by Crippen LogP contribution is 2.46. The minimum Gasteiger partial charge on any atom is -0.385 e. The normalized spacial score (nSPS) is 18.7. The summed E-state index contributed by atoms with van der Waals surface area (Å²) in [6.07, 6.45) is 1.68. The molecule has 3 nitrogen and oxygen atoms in total. The van der Waals surface area contributed by atoms with E-state index in [0.717, 1.165) is 29.3 Å². The zero-order chi connectivity index (χ0) is 9.76. The van der Waals surface area contributed by atoms with Gasteiger partial charge in [0.25, 0.3) is 0 Å². The molecule has 0 bridgehead atoms. The maximum absolute atomic E-state index is 9.91. The molecule has 1 heterocycles. The van der Waals surface area contributed by atoms with E-state index in [2.05, 4.69) is 10.2 Å². The fourth-order valence-electron chi connectivity index (χ4n) is 1.68. The molecule has 3 rings (SSSR count). The molecular weight excluding hydrogens is 200 g/mol. The third-order valence-corrected chi connectivity index (χ3v) is 3.06. The fraction of sp³-hybridized carbons (Fsp3) is 0.300. The summed E-state index contributed by atoms with van der Waals surface area (Å²) in [5, 5.41) is 18.1. The van der Waals surface area contributed by atoms with Crippen LogP contribution in [-0.4, -0.2) is 15.3 Å². The van der Waals surface area contributed by atoms with Gasteiger partial charge >= 0.3 is 0 Å². The Morgan fingerprint density at radius 1 is 1.43 bits per heavy atom. The van der Waals surface area contributed by atoms with Gasteiger partial charge in [-0.3, -0.25) is 5.10 Å². The maximum atomic E-state index is 9.91. The Bertz CT molecular complexity index is 502. The Balaban J connectivity index is 2.23. The molecule has 0 aliphatic heterocycles. The topological polar surface area (TPSA) is 48.9 Å². The zero-order valence-electron chi connectivity index (χ0n) is 7.42. The summed E-state index contributed by atoms with van der Waals surface area (Å²) in [6.45, 7) is 0. The number of nitrogens with zero attached hydrogens (tertiary/aromatic N) is 1. The quantitative estimate of drug-likeness (QED) is 0.755. The predicted octanol–water partition coefficient (Wildman–Crippen LogP) is 2.20. The van der Waals surface area contributed by atoms with Gasteiger partial charge in [0.05, 0.1) is 11.1 Å². The van der Waals surface area contributed by atoms with Gasteiger partial charge in [0.2, 0.25) is 0 Å². The van der Waals surface area contributed by atoms with Gasteiger partial charge in [0, 0.05) is 5.39 Å². The second-order valence-corrected chi connectivity index (χ2v) is 4.18. The number of hydrogen-bond acceptors (Lipinski definition) is 2. The Kier molecular flexibility index (Phi) is 1.47. The molecule has 72 valence electrons. The molecule has 2 aromatic rings. The summed E-state index contributed by atoms with van der Waals surface area (Å²) in [7, 11) is 0. The Morgan fingerprint density at radius 2 is 2.21 bits per heavy atom. The number of aromatic nitrogens is 2. The van der Waals surface area contributed by atoms with Crippen molar-refractivity contribution in [3.63, 3.8) is 0 Å². The highest BCUT2D eigenvalue weighted by molar-refractivity contribution is 6.34. The van der Waals surface area contributed by atoms with Crippen LogP contribution in [0, 0.1) is 0 Å². The van der Waals surface area contributed by atoms with Crippen LogP contribution in [-0.2, 0) is 5.60 Å². The first-order chi connectivity index (χ1) is 6.69. The van der Waals surface area contributed by atoms with Crippen LogP contribution in [0.25, 0.3) is 10.9 Å². The largest absolute Gasteiger partial charge is 0.385 e. The van der Waals surface area contributed by atoms with Crippen molar-refractivity contribution < 1.29 is 5.11 Å². The SMILES string of the molecule is OC1(c2ccc3n[nH]c(Cl)c3c2)CC1. The number of H-pyrrole nitrogens is 1. The monoisotopic (exact) mass is 208 g/mol. The molecule has 0 amide bonds. The zero-order valence-corrected chi connectivity index (χ0v) is 8.17. The summed E-state index contributed by atoms with van der Waals surface area (Å²) in [6, 6.07) is 5.70. The van der Waals surface area contributed by atoms with Crippen LogP contribution < -0.4 is 0 Å². The van der Waals surface area contributed by atoms with Gasteiger partial charge in [0.1, 0.15) is 5.15 Å². The number of halogens is 1. The second-order valence-electron chi connectivity index (χ2n) is 3.80. The van der Waals surface area contributed by atoms with Crippen molar-refractivity contribution in [1.29, 1.82) is 0 Å². The van der Waals surface area contributed by atoms with Crippen molar-refractivity contribution in [3.8, 4) is 0 Å². The number of hydrogen-bond donors (Lipinski definition) is 2. The molecule has 0 saturated heterocycles. The predicted molar refractivity (Wildman–Crippen MR) is 54.2 cm³/mol. The first-order valence-electron chi connectivity index (χ1n) is 4.55. The van der Waals surface area contributed by atoms with Crippen LogP contribution in [0.1, 0.15) is 18.4 Å². The van der Waals surface area contributed by atoms with E-state index in [1.165, 1.54) is 0 Å². The number of benzene rings is 1. The first-order valence-corrected chi connectivity index (χ1v) is 4.93. The summed E-state index contributed by atoms with van der Waals surface area (Å²) < 4.78 is 0. The van der Waals surface area contributed by atoms with Crippen molar-refractivity contribution in [1.82, 2.24) is 10.2 Å². The van der Waals surface area contributed by atoms with Crippen molar-refractivity contribution in [3.05, 3.63) is 28.9 Å². The molecular formula is C10H9ClN2O. The Hall–Kier alpha value is -1.06. The van der Waals surface area contributed by atoms with Crippen molar-refractivity contribution in [2.24, 2.45) is 0 Å². The van der Waals surface area contributed by atoms with Crippen LogP contribution in [0.2, 0.25) is 5.15 Å². The van der Waals surface area contributed by atoms with E-state index in [1.54, 1.807) is 0 Å². The van der Waals surface area contributed by atoms with Crippen molar-refractivity contribution in [2.75, 3.05) is 0 Å². The number of rotatable bonds is 1. The average Bonchev–Trinajstić information content (AvgIpc) is 2.84. The summed E-state index contributed by atoms with van der Waals surface area (Å²) in [4.78, 5) is 0. The van der Waals surface area contributed by atoms with Crippen LogP contribution in [0.15, 0.2) is 18.2 Å². The van der Waals surface area contributed by atoms with E-state index < -0.39 is 5.60 Å². The van der Waals surface area contributed by atoms with E-state index in [4.69, 9.17) is 11.6 Å². The minimum absolute atomic E-state index is 0.533. The molecule has 1 aliphatic carbocycles. The molecule has 1 aromatic heterocycles. The molecule has 1 saturated carbocycles. The highest BCUT2D eigenvalue weighted by atomic mass is 35.5. The van der Waals surface area contributed by atoms with Gasteiger partial charge in [-0.1, -0.05) is 17.7 Å². The first kappa shape index (κ1) is 8.26. The smallest absolute Gasteiger partial charge is 0.132 e. The second kappa shape index (κ2) is 2.49. The van der Waals surface area contributed by atoms with Crippen LogP contribution in [0.3, 0.4) is 0 Å². The molecule has 14 heavy (non-hydrogen) atoms. The fourth-order valence-corrected chi connectivity index (χ4v) is 1.87. The van der Waals surface area contributed by atoms with Gasteiger partial charge in [-0.2, -0.15) is 5.10 Å². The standard InChI is InChI=1S/C10H9ClN2O/c11-9-7-5-6(10(14)3-4-10)1-2-8(7)12-13-9/h1-2,5,14H,3-4H2,(H,12,13). The Labute approximate surface area is 85.7 Å². The van der Waals surface area contributed by atoms with Gasteiger partial charge in [-0.15, -0.1) is 0 Å². The van der Waals surface area contributed by atoms with E-state index in [-0.39, 0.29) is 0 Å². The molecule has 1 aromatic carbocycles. The lowest BCUT2D eigenvalue weighted by Gasteiger charge is -2.06. The molecule has 4 heteroatoms. The lowest BCUT2D eigenvalue weighted by atomic mass is 10.1.